The molecular formula is C14H15ClN4OS. The van der Waals surface area contributed by atoms with E-state index in [0.717, 1.165) is 5.56 Å². The van der Waals surface area contributed by atoms with Gasteiger partial charge in [-0.1, -0.05) is 28.9 Å². The first-order valence-electron chi connectivity index (χ1n) is 6.72. The molecule has 1 fully saturated rings. The number of rotatable bonds is 4. The second-order valence-electron chi connectivity index (χ2n) is 5.10. The molecule has 2 aromatic rings. The van der Waals surface area contributed by atoms with E-state index in [0.29, 0.717) is 34.4 Å². The lowest BCUT2D eigenvalue weighted by Gasteiger charge is -2.18. The molecule has 1 aromatic heterocycles. The lowest BCUT2D eigenvalue weighted by Crippen LogP contribution is -2.37. The van der Waals surface area contributed by atoms with E-state index in [1.54, 1.807) is 6.07 Å². The molecule has 0 amide bonds. The predicted molar refractivity (Wildman–Crippen MR) is 85.0 cm³/mol. The molecule has 5 nitrogen and oxygen atoms in total. The quantitative estimate of drug-likeness (QED) is 0.874. The maximum Gasteiger partial charge on any atom is 0.246 e. The van der Waals surface area contributed by atoms with E-state index in [-0.39, 0.29) is 0 Å². The molecule has 1 saturated carbocycles. The molecule has 0 saturated heterocycles. The Morgan fingerprint density at radius 1 is 1.52 bits per heavy atom. The zero-order valence-electron chi connectivity index (χ0n) is 11.5. The molecule has 1 aliphatic carbocycles. The van der Waals surface area contributed by atoms with Crippen molar-refractivity contribution in [3.63, 3.8) is 0 Å². The lowest BCUT2D eigenvalue weighted by atomic mass is 10.2. The molecule has 1 aliphatic rings. The molecule has 3 rings (SSSR count). The van der Waals surface area contributed by atoms with E-state index in [9.17, 15) is 0 Å². The number of aromatic nitrogens is 2. The van der Waals surface area contributed by atoms with Crippen LogP contribution in [0.1, 0.15) is 18.7 Å². The van der Waals surface area contributed by atoms with Gasteiger partial charge in [0.25, 0.3) is 0 Å². The van der Waals surface area contributed by atoms with Crippen molar-refractivity contribution < 1.29 is 4.52 Å². The van der Waals surface area contributed by atoms with Gasteiger partial charge in [-0.3, -0.25) is 0 Å². The maximum absolute atomic E-state index is 5.96. The summed E-state index contributed by atoms with van der Waals surface area (Å²) in [6.45, 7) is 0.478. The number of thiocarbonyl (C=S) groups is 1. The molecule has 1 heterocycles. The summed E-state index contributed by atoms with van der Waals surface area (Å²) in [7, 11) is 1.90. The molecule has 1 aromatic carbocycles. The molecule has 0 radical (unpaired) electrons. The summed E-state index contributed by atoms with van der Waals surface area (Å²) >= 11 is 11.3. The molecular weight excluding hydrogens is 308 g/mol. The minimum atomic E-state index is 0.478. The largest absolute Gasteiger partial charge is 0.360 e. The first kappa shape index (κ1) is 14.3. The highest BCUT2D eigenvalue weighted by Gasteiger charge is 2.23. The standard InChI is InChI=1S/C14H15ClN4OS/c1-19(14(21)16-11-5-6-11)8-12-17-13(18-20-12)9-3-2-4-10(15)7-9/h2-4,7,11H,5-6,8H2,1H3,(H,16,21). The van der Waals surface area contributed by atoms with Crippen LogP contribution in [0, 0.1) is 0 Å². The Labute approximate surface area is 133 Å². The minimum Gasteiger partial charge on any atom is -0.360 e. The van der Waals surface area contributed by atoms with Crippen molar-refractivity contribution in [3.05, 3.63) is 35.2 Å². The normalized spacial score (nSPS) is 14.0. The number of halogens is 1. The van der Waals surface area contributed by atoms with Crippen LogP contribution in [0.15, 0.2) is 28.8 Å². The summed E-state index contributed by atoms with van der Waals surface area (Å²) in [5.41, 5.74) is 0.832. The average molecular weight is 323 g/mol. The lowest BCUT2D eigenvalue weighted by molar-refractivity contribution is 0.333. The summed E-state index contributed by atoms with van der Waals surface area (Å²) in [5.74, 6) is 1.05. The van der Waals surface area contributed by atoms with Crippen LogP contribution >= 0.6 is 23.8 Å². The van der Waals surface area contributed by atoms with E-state index in [4.69, 9.17) is 28.3 Å². The van der Waals surface area contributed by atoms with Gasteiger partial charge < -0.3 is 14.7 Å². The van der Waals surface area contributed by atoms with Gasteiger partial charge in [0.15, 0.2) is 5.11 Å². The number of nitrogens with zero attached hydrogens (tertiary/aromatic N) is 3. The van der Waals surface area contributed by atoms with Crippen molar-refractivity contribution in [2.24, 2.45) is 0 Å². The molecule has 0 bridgehead atoms. The van der Waals surface area contributed by atoms with E-state index >= 15 is 0 Å². The summed E-state index contributed by atoms with van der Waals surface area (Å²) in [4.78, 5) is 6.27. The first-order valence-corrected chi connectivity index (χ1v) is 7.50. The van der Waals surface area contributed by atoms with Crippen LogP contribution < -0.4 is 5.32 Å². The molecule has 0 atom stereocenters. The Kier molecular flexibility index (Phi) is 4.07. The van der Waals surface area contributed by atoms with Gasteiger partial charge in [0, 0.05) is 23.7 Å². The number of nitrogens with one attached hydrogen (secondary N) is 1. The van der Waals surface area contributed by atoms with Gasteiger partial charge in [0.05, 0.1) is 6.54 Å². The van der Waals surface area contributed by atoms with E-state index < -0.39 is 0 Å². The van der Waals surface area contributed by atoms with Crippen LogP contribution in [-0.2, 0) is 6.54 Å². The Morgan fingerprint density at radius 3 is 3.05 bits per heavy atom. The molecule has 21 heavy (non-hydrogen) atoms. The molecule has 7 heteroatoms. The van der Waals surface area contributed by atoms with Gasteiger partial charge in [-0.05, 0) is 37.2 Å². The van der Waals surface area contributed by atoms with Gasteiger partial charge in [0.2, 0.25) is 11.7 Å². The smallest absolute Gasteiger partial charge is 0.246 e. The van der Waals surface area contributed by atoms with Crippen LogP contribution in [0.3, 0.4) is 0 Å². The Bertz CT molecular complexity index is 656. The molecule has 1 N–H and O–H groups in total. The minimum absolute atomic E-state index is 0.478. The van der Waals surface area contributed by atoms with E-state index in [1.807, 2.05) is 30.1 Å². The third kappa shape index (κ3) is 3.71. The number of benzene rings is 1. The zero-order chi connectivity index (χ0) is 14.8. The molecule has 110 valence electrons. The van der Waals surface area contributed by atoms with Crippen molar-refractivity contribution in [1.82, 2.24) is 20.4 Å². The third-order valence-electron chi connectivity index (χ3n) is 3.17. The Morgan fingerprint density at radius 2 is 2.33 bits per heavy atom. The van der Waals surface area contributed by atoms with Crippen molar-refractivity contribution in [2.75, 3.05) is 7.05 Å². The van der Waals surface area contributed by atoms with Crippen molar-refractivity contribution >= 4 is 28.9 Å². The van der Waals surface area contributed by atoms with E-state index in [2.05, 4.69) is 15.5 Å². The highest BCUT2D eigenvalue weighted by molar-refractivity contribution is 7.80. The van der Waals surface area contributed by atoms with Gasteiger partial charge in [-0.15, -0.1) is 0 Å². The fraction of sp³-hybridized carbons (Fsp3) is 0.357. The fourth-order valence-electron chi connectivity index (χ4n) is 1.85. The SMILES string of the molecule is CN(Cc1nc(-c2cccc(Cl)c2)no1)C(=S)NC1CC1. The Hall–Kier alpha value is -1.66. The molecule has 0 aliphatic heterocycles. The zero-order valence-corrected chi connectivity index (χ0v) is 13.1. The van der Waals surface area contributed by atoms with Gasteiger partial charge in [-0.2, -0.15) is 4.98 Å². The Balaban J connectivity index is 1.65. The highest BCUT2D eigenvalue weighted by atomic mass is 35.5. The van der Waals surface area contributed by atoms with Gasteiger partial charge in [-0.25, -0.2) is 0 Å². The van der Waals surface area contributed by atoms with E-state index in [1.165, 1.54) is 12.8 Å². The van der Waals surface area contributed by atoms with Crippen LogP contribution in [-0.4, -0.2) is 33.2 Å². The van der Waals surface area contributed by atoms with Crippen LogP contribution in [0.2, 0.25) is 5.02 Å². The van der Waals surface area contributed by atoms with Gasteiger partial charge >= 0.3 is 0 Å². The predicted octanol–water partition coefficient (Wildman–Crippen LogP) is 2.86. The highest BCUT2D eigenvalue weighted by Crippen LogP contribution is 2.21. The first-order chi connectivity index (χ1) is 10.1. The molecule has 0 spiro atoms. The van der Waals surface area contributed by atoms with Crippen LogP contribution in [0.25, 0.3) is 11.4 Å². The van der Waals surface area contributed by atoms with Crippen LogP contribution in [0.4, 0.5) is 0 Å². The van der Waals surface area contributed by atoms with Crippen LogP contribution in [0.5, 0.6) is 0 Å². The van der Waals surface area contributed by atoms with Crippen molar-refractivity contribution in [3.8, 4) is 11.4 Å². The average Bonchev–Trinajstić information content (AvgIpc) is 3.14. The summed E-state index contributed by atoms with van der Waals surface area (Å²) in [5, 5.41) is 8.60. The van der Waals surface area contributed by atoms with Crippen molar-refractivity contribution in [2.45, 2.75) is 25.4 Å². The van der Waals surface area contributed by atoms with Gasteiger partial charge in [0.1, 0.15) is 0 Å². The topological polar surface area (TPSA) is 54.2 Å². The fourth-order valence-corrected chi connectivity index (χ4v) is 2.27. The van der Waals surface area contributed by atoms with Crippen molar-refractivity contribution in [1.29, 1.82) is 0 Å². The second-order valence-corrected chi connectivity index (χ2v) is 5.93. The monoisotopic (exact) mass is 322 g/mol. The number of hydrogen-bond donors (Lipinski definition) is 1. The summed E-state index contributed by atoms with van der Waals surface area (Å²) in [6, 6.07) is 7.89. The molecule has 0 unspecified atom stereocenters. The summed E-state index contributed by atoms with van der Waals surface area (Å²) < 4.78 is 5.27. The second kappa shape index (κ2) is 5.99. The third-order valence-corrected chi connectivity index (χ3v) is 3.84. The number of hydrogen-bond acceptors (Lipinski definition) is 4. The maximum atomic E-state index is 5.96. The summed E-state index contributed by atoms with van der Waals surface area (Å²) in [6.07, 6.45) is 2.38.